The smallest absolute Gasteiger partial charge is 0.133 e. The summed E-state index contributed by atoms with van der Waals surface area (Å²) in [6.07, 6.45) is 4.65. The monoisotopic (exact) mass is 222 g/mol. The Morgan fingerprint density at radius 3 is 2.31 bits per heavy atom. The summed E-state index contributed by atoms with van der Waals surface area (Å²) in [4.78, 5) is 2.27. The third-order valence-corrected chi connectivity index (χ3v) is 2.68. The van der Waals surface area contributed by atoms with Gasteiger partial charge in [-0.05, 0) is 31.0 Å². The zero-order chi connectivity index (χ0) is 11.8. The van der Waals surface area contributed by atoms with Gasteiger partial charge in [-0.1, -0.05) is 26.7 Å². The molecule has 1 rings (SSSR count). The molecule has 0 saturated carbocycles. The third-order valence-electron chi connectivity index (χ3n) is 2.68. The van der Waals surface area contributed by atoms with Crippen LogP contribution in [0.3, 0.4) is 0 Å². The normalized spacial score (nSPS) is 10.4. The van der Waals surface area contributed by atoms with E-state index in [2.05, 4.69) is 24.8 Å². The molecule has 0 atom stereocenters. The van der Waals surface area contributed by atoms with Crippen molar-refractivity contribution in [2.45, 2.75) is 39.5 Å². The number of anilines is 1. The van der Waals surface area contributed by atoms with Crippen LogP contribution >= 0.6 is 0 Å². The van der Waals surface area contributed by atoms with Gasteiger partial charge in [0.05, 0.1) is 0 Å². The van der Waals surface area contributed by atoms with E-state index in [0.29, 0.717) is 0 Å². The minimum Gasteiger partial charge on any atom is -0.371 e. The van der Waals surface area contributed by atoms with Gasteiger partial charge in [-0.2, -0.15) is 0 Å². The van der Waals surface area contributed by atoms with Crippen LogP contribution in [-0.2, 0) is 0 Å². The summed E-state index contributed by atoms with van der Waals surface area (Å²) in [5.74, 6) is -0.268. The molecule has 1 aromatic carbocycles. The predicted molar refractivity (Wildman–Crippen MR) is 67.3 cm³/mol. The summed E-state index contributed by atoms with van der Waals surface area (Å²) < 4.78 is 13.1. The van der Waals surface area contributed by atoms with Gasteiger partial charge in [0.1, 0.15) is 5.82 Å². The van der Waals surface area contributed by atoms with Gasteiger partial charge in [0.2, 0.25) is 0 Å². The molecule has 0 heterocycles. The Hall–Kier alpha value is -1.05. The van der Waals surface area contributed by atoms with Gasteiger partial charge in [0, 0.05) is 24.8 Å². The first kappa shape index (κ1) is 13.0. The minimum absolute atomic E-state index is 0.268. The van der Waals surface area contributed by atoms with Crippen molar-refractivity contribution in [3.63, 3.8) is 0 Å². The number of halogens is 1. The Morgan fingerprint density at radius 2 is 1.81 bits per heavy atom. The fourth-order valence-electron chi connectivity index (χ4n) is 1.69. The topological polar surface area (TPSA) is 3.24 Å². The molecule has 16 heavy (non-hydrogen) atoms. The van der Waals surface area contributed by atoms with Crippen molar-refractivity contribution < 1.29 is 4.39 Å². The van der Waals surface area contributed by atoms with Gasteiger partial charge >= 0.3 is 0 Å². The zero-order valence-electron chi connectivity index (χ0n) is 10.3. The Kier molecular flexibility index (Phi) is 5.91. The molecule has 0 amide bonds. The molecular weight excluding hydrogens is 201 g/mol. The number of rotatable bonds is 7. The molecule has 1 radical (unpaired) electrons. The van der Waals surface area contributed by atoms with Crippen LogP contribution < -0.4 is 4.90 Å². The van der Waals surface area contributed by atoms with Crippen molar-refractivity contribution in [3.8, 4) is 0 Å². The second-order valence-electron chi connectivity index (χ2n) is 4.09. The maximum Gasteiger partial charge on any atom is 0.133 e. The summed E-state index contributed by atoms with van der Waals surface area (Å²) in [5, 5.41) is 0. The van der Waals surface area contributed by atoms with Gasteiger partial charge in [-0.15, -0.1) is 0 Å². The van der Waals surface area contributed by atoms with E-state index in [1.165, 1.54) is 12.8 Å². The number of hydrogen-bond acceptors (Lipinski definition) is 1. The molecule has 0 aliphatic carbocycles. The first-order valence-electron chi connectivity index (χ1n) is 6.20. The molecule has 0 aromatic heterocycles. The van der Waals surface area contributed by atoms with Gasteiger partial charge in [0.15, 0.2) is 0 Å². The number of nitrogens with zero attached hydrogens (tertiary/aromatic N) is 1. The van der Waals surface area contributed by atoms with Crippen molar-refractivity contribution in [2.75, 3.05) is 18.0 Å². The largest absolute Gasteiger partial charge is 0.371 e. The van der Waals surface area contributed by atoms with Crippen LogP contribution in [0.2, 0.25) is 0 Å². The highest BCUT2D eigenvalue weighted by atomic mass is 19.1. The highest BCUT2D eigenvalue weighted by molar-refractivity contribution is 5.46. The van der Waals surface area contributed by atoms with E-state index in [1.54, 1.807) is 12.1 Å². The van der Waals surface area contributed by atoms with Gasteiger partial charge in [-0.3, -0.25) is 0 Å². The van der Waals surface area contributed by atoms with Crippen LogP contribution in [-0.4, -0.2) is 13.1 Å². The average molecular weight is 222 g/mol. The first-order chi connectivity index (χ1) is 7.77. The van der Waals surface area contributed by atoms with Crippen molar-refractivity contribution in [1.82, 2.24) is 0 Å². The van der Waals surface area contributed by atoms with E-state index in [-0.39, 0.29) is 5.82 Å². The fourth-order valence-corrected chi connectivity index (χ4v) is 1.69. The molecule has 2 heteroatoms. The van der Waals surface area contributed by atoms with Crippen LogP contribution in [0.5, 0.6) is 0 Å². The second kappa shape index (κ2) is 7.26. The van der Waals surface area contributed by atoms with E-state index in [1.807, 2.05) is 6.07 Å². The lowest BCUT2D eigenvalue weighted by Gasteiger charge is -2.24. The Balaban J connectivity index is 2.66. The lowest BCUT2D eigenvalue weighted by molar-refractivity contribution is 0.621. The molecule has 0 spiro atoms. The first-order valence-corrected chi connectivity index (χ1v) is 6.20. The standard InChI is InChI=1S/C14H21FN/c1-3-5-10-16(11-6-4-2)14-9-7-8-13(15)12-14/h7,9,12H,3-6,10-11H2,1-2H3. The summed E-state index contributed by atoms with van der Waals surface area (Å²) in [5.41, 5.74) is 0.984. The Bertz CT molecular complexity index is 291. The summed E-state index contributed by atoms with van der Waals surface area (Å²) >= 11 is 0. The average Bonchev–Trinajstić information content (AvgIpc) is 2.29. The minimum atomic E-state index is -0.268. The fraction of sp³-hybridized carbons (Fsp3) is 0.571. The Morgan fingerprint density at radius 1 is 1.19 bits per heavy atom. The highest BCUT2D eigenvalue weighted by Gasteiger charge is 2.05. The molecule has 0 aliphatic rings. The SMILES string of the molecule is CCCCN(CCCC)c1cc[c]c(F)c1. The van der Waals surface area contributed by atoms with Crippen molar-refractivity contribution in [2.24, 2.45) is 0 Å². The quantitative estimate of drug-likeness (QED) is 0.673. The van der Waals surface area contributed by atoms with E-state index >= 15 is 0 Å². The van der Waals surface area contributed by atoms with Gasteiger partial charge in [0.25, 0.3) is 0 Å². The van der Waals surface area contributed by atoms with E-state index < -0.39 is 0 Å². The van der Waals surface area contributed by atoms with E-state index in [0.717, 1.165) is 31.6 Å². The van der Waals surface area contributed by atoms with Crippen LogP contribution in [0.25, 0.3) is 0 Å². The van der Waals surface area contributed by atoms with Gasteiger partial charge < -0.3 is 4.90 Å². The van der Waals surface area contributed by atoms with Crippen LogP contribution in [0.15, 0.2) is 18.2 Å². The third kappa shape index (κ3) is 4.21. The maximum absolute atomic E-state index is 13.1. The summed E-state index contributed by atoms with van der Waals surface area (Å²) in [6.45, 7) is 6.38. The van der Waals surface area contributed by atoms with E-state index in [9.17, 15) is 4.39 Å². The summed E-state index contributed by atoms with van der Waals surface area (Å²) in [6, 6.07) is 7.72. The van der Waals surface area contributed by atoms with Gasteiger partial charge in [-0.25, -0.2) is 4.39 Å². The molecule has 89 valence electrons. The molecule has 1 aromatic rings. The summed E-state index contributed by atoms with van der Waals surface area (Å²) in [7, 11) is 0. The lowest BCUT2D eigenvalue weighted by atomic mass is 10.2. The molecule has 0 fully saturated rings. The Labute approximate surface area is 98.3 Å². The molecule has 0 bridgehead atoms. The number of unbranched alkanes of at least 4 members (excludes halogenated alkanes) is 2. The van der Waals surface area contributed by atoms with Crippen LogP contribution in [0.4, 0.5) is 10.1 Å². The highest BCUT2D eigenvalue weighted by Crippen LogP contribution is 2.16. The van der Waals surface area contributed by atoms with Crippen molar-refractivity contribution in [3.05, 3.63) is 30.1 Å². The number of hydrogen-bond donors (Lipinski definition) is 0. The van der Waals surface area contributed by atoms with Crippen LogP contribution in [0.1, 0.15) is 39.5 Å². The lowest BCUT2D eigenvalue weighted by Crippen LogP contribution is -2.25. The van der Waals surface area contributed by atoms with E-state index in [4.69, 9.17) is 0 Å². The molecule has 0 unspecified atom stereocenters. The maximum atomic E-state index is 13.1. The van der Waals surface area contributed by atoms with Crippen LogP contribution in [0, 0.1) is 11.9 Å². The molecule has 0 saturated heterocycles. The zero-order valence-corrected chi connectivity index (χ0v) is 10.3. The molecule has 1 nitrogen and oxygen atoms in total. The van der Waals surface area contributed by atoms with Crippen molar-refractivity contribution >= 4 is 5.69 Å². The molecule has 0 N–H and O–H groups in total. The molecular formula is C14H21FN. The number of benzene rings is 1. The second-order valence-corrected chi connectivity index (χ2v) is 4.09. The predicted octanol–water partition coefficient (Wildman–Crippen LogP) is 4.03. The van der Waals surface area contributed by atoms with Crippen molar-refractivity contribution in [1.29, 1.82) is 0 Å². The molecule has 0 aliphatic heterocycles.